The van der Waals surface area contributed by atoms with Crippen LogP contribution in [0.25, 0.3) is 0 Å². The maximum absolute atomic E-state index is 13.8. The zero-order chi connectivity index (χ0) is 25.1. The molecule has 1 aliphatic heterocycles. The molecular weight excluding hydrogens is 443 g/mol. The van der Waals surface area contributed by atoms with Gasteiger partial charge >= 0.3 is 24.1 Å². The second kappa shape index (κ2) is 9.68. The molecule has 0 bridgehead atoms. The molecule has 0 unspecified atom stereocenters. The molecule has 0 amide bonds. The average molecular weight is 469 g/mol. The molecule has 33 heavy (non-hydrogen) atoms. The minimum atomic E-state index is -4.75. The summed E-state index contributed by atoms with van der Waals surface area (Å²) in [7, 11) is 1.09. The van der Waals surface area contributed by atoms with Crippen molar-refractivity contribution in [2.24, 2.45) is 5.41 Å². The molecular formula is C23H26F3NO6. The number of alkyl halides is 3. The Hall–Kier alpha value is -3.30. The fourth-order valence-electron chi connectivity index (χ4n) is 3.39. The van der Waals surface area contributed by atoms with Crippen LogP contribution in [0.5, 0.6) is 0 Å². The molecule has 1 aliphatic rings. The van der Waals surface area contributed by atoms with Crippen molar-refractivity contribution in [1.29, 1.82) is 0 Å². The van der Waals surface area contributed by atoms with Crippen molar-refractivity contribution < 1.29 is 41.8 Å². The van der Waals surface area contributed by atoms with Crippen molar-refractivity contribution in [3.63, 3.8) is 0 Å². The summed E-state index contributed by atoms with van der Waals surface area (Å²) in [5.41, 5.74) is -2.15. The van der Waals surface area contributed by atoms with E-state index >= 15 is 0 Å². The summed E-state index contributed by atoms with van der Waals surface area (Å²) >= 11 is 0. The van der Waals surface area contributed by atoms with Crippen LogP contribution in [0.1, 0.15) is 51.7 Å². The van der Waals surface area contributed by atoms with E-state index < -0.39 is 47.8 Å². The van der Waals surface area contributed by atoms with E-state index in [2.05, 4.69) is 5.32 Å². The second-order valence-corrected chi connectivity index (χ2v) is 8.44. The molecule has 0 radical (unpaired) electrons. The van der Waals surface area contributed by atoms with Crippen LogP contribution in [0.3, 0.4) is 0 Å². The average Bonchev–Trinajstić information content (AvgIpc) is 2.71. The van der Waals surface area contributed by atoms with Gasteiger partial charge in [-0.1, -0.05) is 18.2 Å². The number of carbonyl (C=O) groups excluding carboxylic acids is 3. The first-order valence-electron chi connectivity index (χ1n) is 9.97. The van der Waals surface area contributed by atoms with Crippen molar-refractivity contribution in [3.8, 4) is 0 Å². The van der Waals surface area contributed by atoms with Gasteiger partial charge in [-0.3, -0.25) is 4.79 Å². The fourth-order valence-corrected chi connectivity index (χ4v) is 3.39. The summed E-state index contributed by atoms with van der Waals surface area (Å²) < 4.78 is 56.2. The van der Waals surface area contributed by atoms with Crippen LogP contribution >= 0.6 is 0 Å². The van der Waals surface area contributed by atoms with Gasteiger partial charge < -0.3 is 19.5 Å². The topological polar surface area (TPSA) is 90.9 Å². The van der Waals surface area contributed by atoms with Crippen LogP contribution in [0.2, 0.25) is 0 Å². The first-order valence-corrected chi connectivity index (χ1v) is 9.97. The van der Waals surface area contributed by atoms with Crippen LogP contribution in [0.4, 0.5) is 13.2 Å². The lowest BCUT2D eigenvalue weighted by atomic mass is 9.78. The number of methoxy groups -OCH3 is 1. The standard InChI is InChI=1S/C23H26F3NO6/c1-12-16(19(28)31-6)18(14-9-7-8-10-15(14)23(24,25)26)17(13(2)27-12)20(29)32-11-33-21(30)22(3,4)5/h7-10,18,27H,11H2,1-6H3/t18-/m0/s1. The van der Waals surface area contributed by atoms with Gasteiger partial charge in [-0.05, 0) is 46.2 Å². The zero-order valence-corrected chi connectivity index (χ0v) is 19.2. The SMILES string of the molecule is COC(=O)C1=C(C)NC(C)=C(C(=O)OCOC(=O)C(C)(C)C)[C@H]1c1ccccc1C(F)(F)F. The van der Waals surface area contributed by atoms with Crippen LogP contribution < -0.4 is 5.32 Å². The quantitative estimate of drug-likeness (QED) is 0.511. The number of ether oxygens (including phenoxy) is 3. The number of carbonyl (C=O) groups is 3. The van der Waals surface area contributed by atoms with E-state index in [1.54, 1.807) is 20.8 Å². The summed E-state index contributed by atoms with van der Waals surface area (Å²) in [4.78, 5) is 37.5. The van der Waals surface area contributed by atoms with E-state index in [0.29, 0.717) is 0 Å². The van der Waals surface area contributed by atoms with E-state index in [1.165, 1.54) is 32.0 Å². The number of benzene rings is 1. The molecule has 2 rings (SSSR count). The number of hydrogen-bond acceptors (Lipinski definition) is 7. The lowest BCUT2D eigenvalue weighted by Gasteiger charge is -2.31. The van der Waals surface area contributed by atoms with Gasteiger partial charge in [-0.15, -0.1) is 0 Å². The van der Waals surface area contributed by atoms with Crippen LogP contribution in [0, 0.1) is 5.41 Å². The van der Waals surface area contributed by atoms with Crippen LogP contribution in [-0.2, 0) is 34.8 Å². The molecule has 0 spiro atoms. The van der Waals surface area contributed by atoms with Gasteiger partial charge in [0.25, 0.3) is 0 Å². The molecule has 0 aromatic heterocycles. The van der Waals surface area contributed by atoms with Gasteiger partial charge in [-0.2, -0.15) is 13.2 Å². The Morgan fingerprint density at radius 3 is 2.00 bits per heavy atom. The second-order valence-electron chi connectivity index (χ2n) is 8.44. The van der Waals surface area contributed by atoms with Crippen molar-refractivity contribution in [1.82, 2.24) is 5.32 Å². The summed E-state index contributed by atoms with van der Waals surface area (Å²) in [5.74, 6) is -4.01. The number of esters is 3. The zero-order valence-electron chi connectivity index (χ0n) is 19.2. The Balaban J connectivity index is 2.55. The monoisotopic (exact) mass is 469 g/mol. The summed E-state index contributed by atoms with van der Waals surface area (Å²) in [6.45, 7) is 7.04. The number of hydrogen-bond donors (Lipinski definition) is 1. The Labute approximate surface area is 189 Å². The molecule has 1 heterocycles. The van der Waals surface area contributed by atoms with Crippen LogP contribution in [0.15, 0.2) is 46.8 Å². The maximum atomic E-state index is 13.8. The molecule has 10 heteroatoms. The highest BCUT2D eigenvalue weighted by Gasteiger charge is 2.43. The third-order valence-electron chi connectivity index (χ3n) is 4.96. The number of halogens is 3. The molecule has 0 fully saturated rings. The Morgan fingerprint density at radius 2 is 1.48 bits per heavy atom. The van der Waals surface area contributed by atoms with Gasteiger partial charge in [0.2, 0.25) is 6.79 Å². The van der Waals surface area contributed by atoms with E-state index in [0.717, 1.165) is 13.2 Å². The summed E-state index contributed by atoms with van der Waals surface area (Å²) in [5, 5.41) is 2.83. The highest BCUT2D eigenvalue weighted by atomic mass is 19.4. The number of dihydropyridines is 1. The van der Waals surface area contributed by atoms with Crippen molar-refractivity contribution >= 4 is 17.9 Å². The predicted octanol–water partition coefficient (Wildman–Crippen LogP) is 4.20. The smallest absolute Gasteiger partial charge is 0.416 e. The first kappa shape index (κ1) is 26.0. The molecule has 1 atom stereocenters. The van der Waals surface area contributed by atoms with Gasteiger partial charge in [0.15, 0.2) is 0 Å². The van der Waals surface area contributed by atoms with E-state index in [1.807, 2.05) is 0 Å². The maximum Gasteiger partial charge on any atom is 0.416 e. The number of rotatable bonds is 5. The van der Waals surface area contributed by atoms with Crippen molar-refractivity contribution in [3.05, 3.63) is 57.9 Å². The lowest BCUT2D eigenvalue weighted by molar-refractivity contribution is -0.171. The Morgan fingerprint density at radius 1 is 0.939 bits per heavy atom. The van der Waals surface area contributed by atoms with Crippen molar-refractivity contribution in [2.75, 3.05) is 13.9 Å². The third-order valence-corrected chi connectivity index (χ3v) is 4.96. The van der Waals surface area contributed by atoms with Crippen LogP contribution in [-0.4, -0.2) is 31.8 Å². The van der Waals surface area contributed by atoms with Gasteiger partial charge in [0.05, 0.1) is 35.2 Å². The number of nitrogens with one attached hydrogen (secondary N) is 1. The fraction of sp³-hybridized carbons (Fsp3) is 0.435. The van der Waals surface area contributed by atoms with E-state index in [4.69, 9.17) is 14.2 Å². The normalized spacial score (nSPS) is 16.8. The van der Waals surface area contributed by atoms with Gasteiger partial charge in [0, 0.05) is 11.4 Å². The van der Waals surface area contributed by atoms with E-state index in [9.17, 15) is 27.6 Å². The highest BCUT2D eigenvalue weighted by molar-refractivity contribution is 6.00. The number of allylic oxidation sites excluding steroid dienone is 2. The predicted molar refractivity (Wildman–Crippen MR) is 111 cm³/mol. The molecule has 0 saturated carbocycles. The molecule has 1 aromatic carbocycles. The Kier molecular flexibility index (Phi) is 7.61. The van der Waals surface area contributed by atoms with Crippen molar-refractivity contribution in [2.45, 2.75) is 46.7 Å². The Bertz CT molecular complexity index is 1020. The van der Waals surface area contributed by atoms with Gasteiger partial charge in [-0.25, -0.2) is 9.59 Å². The van der Waals surface area contributed by atoms with Gasteiger partial charge in [0.1, 0.15) is 0 Å². The first-order chi connectivity index (χ1) is 15.2. The minimum Gasteiger partial charge on any atom is -0.466 e. The summed E-state index contributed by atoms with van der Waals surface area (Å²) in [6.07, 6.45) is -4.75. The lowest BCUT2D eigenvalue weighted by Crippen LogP contribution is -2.33. The van der Waals surface area contributed by atoms with E-state index in [-0.39, 0.29) is 28.1 Å². The third kappa shape index (κ3) is 5.74. The largest absolute Gasteiger partial charge is 0.466 e. The molecule has 1 N–H and O–H groups in total. The molecule has 180 valence electrons. The molecule has 0 aliphatic carbocycles. The summed E-state index contributed by atoms with van der Waals surface area (Å²) in [6, 6.07) is 4.64. The molecule has 0 saturated heterocycles. The minimum absolute atomic E-state index is 0.168. The highest BCUT2D eigenvalue weighted by Crippen LogP contribution is 2.44. The molecule has 1 aromatic rings. The molecule has 7 nitrogen and oxygen atoms in total.